The Morgan fingerprint density at radius 1 is 1.17 bits per heavy atom. The first-order valence-corrected chi connectivity index (χ1v) is 14.9. The third-order valence-electron chi connectivity index (χ3n) is 5.73. The molecule has 0 radical (unpaired) electrons. The Bertz CT molecular complexity index is 1590. The van der Waals surface area contributed by atoms with Gasteiger partial charge in [-0.2, -0.15) is 0 Å². The Morgan fingerprint density at radius 3 is 2.39 bits per heavy atom. The molecule has 0 saturated carbocycles. The Balaban J connectivity index is 1.96. The highest BCUT2D eigenvalue weighted by Crippen LogP contribution is 2.47. The zero-order valence-corrected chi connectivity index (χ0v) is 23.0. The average Bonchev–Trinajstić information content (AvgIpc) is 3.38. The maximum absolute atomic E-state index is 13.9. The molecule has 4 aromatic rings. The number of nitrogens with one attached hydrogen (secondary N) is 2. The van der Waals surface area contributed by atoms with E-state index in [0.29, 0.717) is 43.1 Å². The van der Waals surface area contributed by atoms with Crippen LogP contribution in [0.5, 0.6) is 11.5 Å². The van der Waals surface area contributed by atoms with Crippen LogP contribution in [-0.4, -0.2) is 34.8 Å². The number of pyridine rings is 1. The van der Waals surface area contributed by atoms with Gasteiger partial charge in [-0.1, -0.05) is 0 Å². The van der Waals surface area contributed by atoms with Crippen LogP contribution in [0.2, 0.25) is 0 Å². The van der Waals surface area contributed by atoms with Gasteiger partial charge in [0.2, 0.25) is 0 Å². The van der Waals surface area contributed by atoms with E-state index >= 15 is 0 Å². The third kappa shape index (κ3) is 4.90. The molecule has 0 spiro atoms. The van der Waals surface area contributed by atoms with Gasteiger partial charge in [-0.25, -0.2) is 4.39 Å². The zero-order chi connectivity index (χ0) is 26.5. The van der Waals surface area contributed by atoms with Crippen molar-refractivity contribution in [3.8, 4) is 21.9 Å². The number of carbonyl (C=O) groups is 1. The molecule has 36 heavy (non-hydrogen) atoms. The fraction of sp³-hybridized carbons (Fsp3) is 0.308. The summed E-state index contributed by atoms with van der Waals surface area (Å²) in [5.74, 6) is 0.290. The summed E-state index contributed by atoms with van der Waals surface area (Å²) in [5, 5.41) is 3.39. The fourth-order valence-electron chi connectivity index (χ4n) is 4.04. The van der Waals surface area contributed by atoms with Gasteiger partial charge in [-0.05, 0) is 70.4 Å². The molecule has 0 aliphatic carbocycles. The van der Waals surface area contributed by atoms with Gasteiger partial charge in [0.05, 0.1) is 9.50 Å². The highest BCUT2D eigenvalue weighted by molar-refractivity contribution is 7.75. The van der Waals surface area contributed by atoms with Gasteiger partial charge >= 0.3 is 0 Å². The Morgan fingerprint density at radius 2 is 1.81 bits per heavy atom. The molecule has 0 unspecified atom stereocenters. The van der Waals surface area contributed by atoms with E-state index < -0.39 is 7.14 Å². The number of nitrogens with zero attached hydrogens (tertiary/aromatic N) is 1. The Kier molecular flexibility index (Phi) is 6.75. The van der Waals surface area contributed by atoms with Crippen LogP contribution >= 0.6 is 18.5 Å². The molecule has 4 rings (SSSR count). The molecular formula is C26H29FN3O4PS. The van der Waals surface area contributed by atoms with Gasteiger partial charge in [0, 0.05) is 36.3 Å². The maximum Gasteiger partial charge on any atom is 0.274 e. The molecule has 1 amide bonds. The summed E-state index contributed by atoms with van der Waals surface area (Å²) in [6.07, 6.45) is 1.69. The molecule has 0 atom stereocenters. The number of rotatable bonds is 6. The van der Waals surface area contributed by atoms with Crippen LogP contribution in [0.3, 0.4) is 0 Å². The quantitative estimate of drug-likeness (QED) is 0.321. The van der Waals surface area contributed by atoms with Crippen LogP contribution in [0.4, 0.5) is 4.39 Å². The molecule has 3 heterocycles. The number of fused-ring (bicyclic) bond motifs is 1. The average molecular weight is 530 g/mol. The predicted molar refractivity (Wildman–Crippen MR) is 144 cm³/mol. The Labute approximate surface area is 212 Å². The molecule has 1 aromatic carbocycles. The lowest BCUT2D eigenvalue weighted by molar-refractivity contribution is 0.0939. The van der Waals surface area contributed by atoms with Crippen molar-refractivity contribution in [1.82, 2.24) is 14.9 Å². The number of thiophene rings is 1. The molecular weight excluding hydrogens is 500 g/mol. The van der Waals surface area contributed by atoms with Crippen molar-refractivity contribution in [2.75, 3.05) is 13.3 Å². The number of carbonyl (C=O) groups excluding carboxylic acids is 1. The van der Waals surface area contributed by atoms with Crippen LogP contribution in [-0.2, 0) is 11.6 Å². The molecule has 190 valence electrons. The number of hydrogen-bond donors (Lipinski definition) is 2. The van der Waals surface area contributed by atoms with Crippen LogP contribution in [0, 0.1) is 19.7 Å². The summed E-state index contributed by atoms with van der Waals surface area (Å²) in [5.41, 5.74) is 2.19. The second-order valence-corrected chi connectivity index (χ2v) is 14.2. The Hall–Kier alpha value is -3.16. The largest absolute Gasteiger partial charge is 0.455 e. The number of amides is 1. The van der Waals surface area contributed by atoms with E-state index in [1.165, 1.54) is 28.0 Å². The third-order valence-corrected chi connectivity index (χ3v) is 9.46. The number of ether oxygens (including phenoxy) is 1. The highest BCUT2D eigenvalue weighted by Gasteiger charge is 2.25. The number of aryl methyl sites for hydroxylation is 3. The highest BCUT2D eigenvalue weighted by atomic mass is 32.1. The maximum atomic E-state index is 13.9. The van der Waals surface area contributed by atoms with Gasteiger partial charge in [0.15, 0.2) is 0 Å². The monoisotopic (exact) mass is 529 g/mol. The van der Waals surface area contributed by atoms with Crippen molar-refractivity contribution < 1.29 is 18.5 Å². The summed E-state index contributed by atoms with van der Waals surface area (Å²) in [6.45, 7) is 10.6. The van der Waals surface area contributed by atoms with E-state index in [1.54, 1.807) is 52.6 Å². The van der Waals surface area contributed by atoms with Gasteiger partial charge in [-0.15, -0.1) is 11.3 Å². The molecule has 3 aromatic heterocycles. The van der Waals surface area contributed by atoms with E-state index in [-0.39, 0.29) is 34.5 Å². The molecule has 0 bridgehead atoms. The normalized spacial score (nSPS) is 11.9. The first-order valence-electron chi connectivity index (χ1n) is 11.4. The lowest BCUT2D eigenvalue weighted by Crippen LogP contribution is -2.30. The van der Waals surface area contributed by atoms with Crippen LogP contribution in [0.1, 0.15) is 35.5 Å². The molecule has 7 nitrogen and oxygen atoms in total. The van der Waals surface area contributed by atoms with E-state index in [2.05, 4.69) is 10.3 Å². The standard InChI is InChI=1S/C26H29FN3O4PS/c1-13(2)28-25(31)19-10-17-18(12-30(5)26(32)22(17)29-19)24-20(11-21(36-24)35(6,7)33)34-23-14(3)8-16(27)9-15(23)4/h8-13,29H,1-7H3,(H,28,31). The van der Waals surface area contributed by atoms with E-state index in [0.717, 1.165) is 0 Å². The number of aromatic nitrogens is 2. The predicted octanol–water partition coefficient (Wildman–Crippen LogP) is 5.53. The molecule has 0 aliphatic rings. The van der Waals surface area contributed by atoms with Gasteiger partial charge in [0.25, 0.3) is 11.5 Å². The number of H-pyrrole nitrogens is 1. The molecule has 0 fully saturated rings. The smallest absolute Gasteiger partial charge is 0.274 e. The number of aromatic amines is 1. The van der Waals surface area contributed by atoms with E-state index in [1.807, 2.05) is 13.8 Å². The van der Waals surface area contributed by atoms with E-state index in [9.17, 15) is 18.5 Å². The molecule has 0 aliphatic heterocycles. The summed E-state index contributed by atoms with van der Waals surface area (Å²) in [7, 11) is -1.02. The van der Waals surface area contributed by atoms with Crippen molar-refractivity contribution in [2.24, 2.45) is 7.05 Å². The number of halogens is 1. The van der Waals surface area contributed by atoms with Crippen molar-refractivity contribution in [3.63, 3.8) is 0 Å². The topological polar surface area (TPSA) is 93.2 Å². The first-order chi connectivity index (χ1) is 16.8. The van der Waals surface area contributed by atoms with Crippen LogP contribution in [0.15, 0.2) is 35.3 Å². The van der Waals surface area contributed by atoms with Gasteiger partial charge in [-0.3, -0.25) is 9.59 Å². The SMILES string of the molecule is Cc1cc(F)cc(C)c1Oc1cc(P(C)(C)=O)sc1-c1cn(C)c(=O)c2[nH]c(C(=O)NC(C)C)cc12. The fourth-order valence-corrected chi connectivity index (χ4v) is 6.47. The van der Waals surface area contributed by atoms with Crippen LogP contribution in [0.25, 0.3) is 21.3 Å². The van der Waals surface area contributed by atoms with Crippen LogP contribution < -0.4 is 20.2 Å². The number of benzene rings is 1. The van der Waals surface area contributed by atoms with E-state index in [4.69, 9.17) is 4.74 Å². The summed E-state index contributed by atoms with van der Waals surface area (Å²) >= 11 is 1.32. The summed E-state index contributed by atoms with van der Waals surface area (Å²) in [6, 6.07) is 6.13. The number of hydrogen-bond acceptors (Lipinski definition) is 5. The summed E-state index contributed by atoms with van der Waals surface area (Å²) < 4.78 is 35.3. The van der Waals surface area contributed by atoms with Crippen molar-refractivity contribution >= 4 is 39.9 Å². The lowest BCUT2D eigenvalue weighted by atomic mass is 10.1. The second kappa shape index (κ2) is 9.37. The first kappa shape index (κ1) is 25.9. The molecule has 10 heteroatoms. The minimum Gasteiger partial charge on any atom is -0.455 e. The minimum absolute atomic E-state index is 0.0727. The van der Waals surface area contributed by atoms with Crippen molar-refractivity contribution in [1.29, 1.82) is 0 Å². The molecule has 2 N–H and O–H groups in total. The molecule has 0 saturated heterocycles. The second-order valence-electron chi connectivity index (χ2n) is 9.66. The minimum atomic E-state index is -2.65. The summed E-state index contributed by atoms with van der Waals surface area (Å²) in [4.78, 5) is 29.2. The zero-order valence-electron chi connectivity index (χ0n) is 21.3. The van der Waals surface area contributed by atoms with Gasteiger partial charge < -0.3 is 24.2 Å². The van der Waals surface area contributed by atoms with Crippen molar-refractivity contribution in [2.45, 2.75) is 33.7 Å². The lowest BCUT2D eigenvalue weighted by Gasteiger charge is -2.13. The van der Waals surface area contributed by atoms with Crippen molar-refractivity contribution in [3.05, 3.63) is 63.5 Å². The van der Waals surface area contributed by atoms with Gasteiger partial charge in [0.1, 0.15) is 35.7 Å².